The number of hydrogen-bond donors (Lipinski definition) is 0. The summed E-state index contributed by atoms with van der Waals surface area (Å²) < 4.78 is 4.68. The van der Waals surface area contributed by atoms with E-state index < -0.39 is 0 Å². The molecule has 5 heterocycles. The number of rotatable bonds is 1. The highest BCUT2D eigenvalue weighted by Gasteiger charge is 2.26. The van der Waals surface area contributed by atoms with Gasteiger partial charge in [0.15, 0.2) is 0 Å². The van der Waals surface area contributed by atoms with E-state index in [0.29, 0.717) is 0 Å². The zero-order chi connectivity index (χ0) is 26.7. The van der Waals surface area contributed by atoms with Crippen LogP contribution in [0.4, 0.5) is 0 Å². The molecule has 190 valence electrons. The minimum atomic E-state index is 0.867. The van der Waals surface area contributed by atoms with Gasteiger partial charge in [0.2, 0.25) is 0 Å². The number of aromatic nitrogens is 5. The minimum absolute atomic E-state index is 0.867. The average Bonchev–Trinajstić information content (AvgIpc) is 3.69. The highest BCUT2D eigenvalue weighted by Crippen LogP contribution is 2.46. The molecule has 10 rings (SSSR count). The van der Waals surface area contributed by atoms with Gasteiger partial charge in [-0.05, 0) is 76.5 Å². The lowest BCUT2D eigenvalue weighted by atomic mass is 9.97. The van der Waals surface area contributed by atoms with Crippen molar-refractivity contribution < 1.29 is 0 Å². The maximum Gasteiger partial charge on any atom is 0.146 e. The predicted molar refractivity (Wildman–Crippen MR) is 166 cm³/mol. The Balaban J connectivity index is 1.34. The third-order valence-corrected chi connectivity index (χ3v) is 8.89. The van der Waals surface area contributed by atoms with Crippen molar-refractivity contribution in [3.05, 3.63) is 127 Å². The van der Waals surface area contributed by atoms with Crippen molar-refractivity contribution in [1.82, 2.24) is 23.9 Å². The number of imidazole rings is 1. The van der Waals surface area contributed by atoms with Crippen molar-refractivity contribution >= 4 is 60.2 Å². The predicted octanol–water partition coefficient (Wildman–Crippen LogP) is 8.25. The second-order valence-electron chi connectivity index (χ2n) is 10.9. The van der Waals surface area contributed by atoms with Gasteiger partial charge in [-0.15, -0.1) is 0 Å². The van der Waals surface area contributed by atoms with E-state index in [4.69, 9.17) is 4.98 Å². The van der Waals surface area contributed by atoms with Crippen molar-refractivity contribution in [2.45, 2.75) is 6.42 Å². The van der Waals surface area contributed by atoms with E-state index in [-0.39, 0.29) is 0 Å². The molecule has 0 saturated heterocycles. The molecule has 0 saturated carbocycles. The van der Waals surface area contributed by atoms with Crippen LogP contribution >= 0.6 is 0 Å². The fourth-order valence-corrected chi connectivity index (χ4v) is 7.20. The first-order valence-electron chi connectivity index (χ1n) is 13.9. The SMILES string of the molecule is c1ccc(-n2c3ccccc3c3cc4c(cc32)-c2ccc3c5cnccc5n5c6ccncc6nc5c3c2C4)cc1. The normalized spacial score (nSPS) is 12.8. The van der Waals surface area contributed by atoms with Crippen molar-refractivity contribution in [2.24, 2.45) is 0 Å². The molecule has 5 aromatic heterocycles. The van der Waals surface area contributed by atoms with Crippen LogP contribution in [0.25, 0.3) is 77.0 Å². The first-order valence-corrected chi connectivity index (χ1v) is 13.9. The van der Waals surface area contributed by atoms with E-state index in [9.17, 15) is 0 Å². The fraction of sp³-hybridized carbons (Fsp3) is 0.0278. The summed E-state index contributed by atoms with van der Waals surface area (Å²) in [5.74, 6) is 0. The molecule has 5 heteroatoms. The monoisotopic (exact) mass is 523 g/mol. The smallest absolute Gasteiger partial charge is 0.146 e. The Morgan fingerprint density at radius 1 is 0.585 bits per heavy atom. The van der Waals surface area contributed by atoms with Crippen LogP contribution in [0.1, 0.15) is 11.1 Å². The van der Waals surface area contributed by atoms with Crippen LogP contribution < -0.4 is 0 Å². The summed E-state index contributed by atoms with van der Waals surface area (Å²) in [6, 6.07) is 32.9. The Bertz CT molecular complexity index is 2550. The molecule has 0 radical (unpaired) electrons. The molecule has 1 aliphatic rings. The van der Waals surface area contributed by atoms with Crippen LogP contribution in [0.2, 0.25) is 0 Å². The van der Waals surface area contributed by atoms with Crippen molar-refractivity contribution in [2.75, 3.05) is 0 Å². The fourth-order valence-electron chi connectivity index (χ4n) is 7.20. The van der Waals surface area contributed by atoms with Crippen LogP contribution in [-0.4, -0.2) is 23.9 Å². The van der Waals surface area contributed by atoms with Crippen LogP contribution in [0.5, 0.6) is 0 Å². The summed E-state index contributed by atoms with van der Waals surface area (Å²) in [5.41, 5.74) is 13.0. The minimum Gasteiger partial charge on any atom is -0.309 e. The summed E-state index contributed by atoms with van der Waals surface area (Å²) in [6.07, 6.45) is 8.42. The number of benzene rings is 4. The Hall–Kier alpha value is -5.55. The average molecular weight is 524 g/mol. The molecule has 0 bridgehead atoms. The number of hydrogen-bond acceptors (Lipinski definition) is 3. The van der Waals surface area contributed by atoms with E-state index in [2.05, 4.69) is 110 Å². The van der Waals surface area contributed by atoms with Crippen molar-refractivity contribution in [3.8, 4) is 16.8 Å². The maximum atomic E-state index is 5.15. The van der Waals surface area contributed by atoms with Gasteiger partial charge in [0.05, 0.1) is 28.3 Å². The van der Waals surface area contributed by atoms with E-state index in [1.54, 1.807) is 0 Å². The van der Waals surface area contributed by atoms with Crippen LogP contribution in [0.15, 0.2) is 116 Å². The highest BCUT2D eigenvalue weighted by molar-refractivity contribution is 6.17. The zero-order valence-corrected chi connectivity index (χ0v) is 21.9. The Morgan fingerprint density at radius 2 is 1.41 bits per heavy atom. The maximum absolute atomic E-state index is 5.15. The van der Waals surface area contributed by atoms with Crippen LogP contribution in [0, 0.1) is 0 Å². The molecule has 5 nitrogen and oxygen atoms in total. The van der Waals surface area contributed by atoms with E-state index in [0.717, 1.165) is 34.0 Å². The van der Waals surface area contributed by atoms with Gasteiger partial charge < -0.3 is 4.57 Å². The van der Waals surface area contributed by atoms with Gasteiger partial charge in [0.25, 0.3) is 0 Å². The molecule has 0 amide bonds. The molecule has 4 aromatic carbocycles. The summed E-state index contributed by atoms with van der Waals surface area (Å²) in [6.45, 7) is 0. The highest BCUT2D eigenvalue weighted by atomic mass is 15.0. The zero-order valence-electron chi connectivity index (χ0n) is 21.9. The van der Waals surface area contributed by atoms with Crippen LogP contribution in [-0.2, 0) is 6.42 Å². The molecule has 0 aliphatic heterocycles. The molecule has 0 atom stereocenters. The van der Waals surface area contributed by atoms with Gasteiger partial charge in [0, 0.05) is 45.8 Å². The molecular weight excluding hydrogens is 502 g/mol. The standard InChI is InChI=1S/C36H21N5/c1-2-6-22(7-3-1)40-31-9-5-4-8-24(31)27-16-21-17-28-23(26(21)18-34(27)40)10-11-25-29-19-37-14-12-32(29)41-33-13-15-38-20-30(33)39-36(41)35(25)28/h1-16,18-20H,17H2. The molecule has 0 N–H and O–H groups in total. The first kappa shape index (κ1) is 21.3. The summed E-state index contributed by atoms with van der Waals surface area (Å²) in [5, 5.41) is 6.10. The van der Waals surface area contributed by atoms with Crippen LogP contribution in [0.3, 0.4) is 0 Å². The molecule has 0 unspecified atom stereocenters. The Morgan fingerprint density at radius 3 is 2.34 bits per heavy atom. The first-order chi connectivity index (χ1) is 20.3. The van der Waals surface area contributed by atoms with Gasteiger partial charge >= 0.3 is 0 Å². The molecule has 41 heavy (non-hydrogen) atoms. The van der Waals surface area contributed by atoms with Crippen molar-refractivity contribution in [3.63, 3.8) is 0 Å². The van der Waals surface area contributed by atoms with E-state index in [1.165, 1.54) is 60.5 Å². The lowest BCUT2D eigenvalue weighted by Gasteiger charge is -2.12. The van der Waals surface area contributed by atoms with Gasteiger partial charge in [-0.1, -0.05) is 48.5 Å². The third-order valence-electron chi connectivity index (χ3n) is 8.89. The second-order valence-corrected chi connectivity index (χ2v) is 10.9. The summed E-state index contributed by atoms with van der Waals surface area (Å²) in [4.78, 5) is 14.0. The molecule has 0 spiro atoms. The number of nitrogens with zero attached hydrogens (tertiary/aromatic N) is 5. The number of pyridine rings is 3. The topological polar surface area (TPSA) is 48.0 Å². The molecule has 9 aromatic rings. The van der Waals surface area contributed by atoms with E-state index in [1.807, 2.05) is 24.8 Å². The lowest BCUT2D eigenvalue weighted by Crippen LogP contribution is -1.95. The van der Waals surface area contributed by atoms with Crippen molar-refractivity contribution in [1.29, 1.82) is 0 Å². The third kappa shape index (κ3) is 2.68. The van der Waals surface area contributed by atoms with Gasteiger partial charge in [-0.25, -0.2) is 4.98 Å². The molecular formula is C36H21N5. The number of fused-ring (bicyclic) bond motifs is 15. The Kier molecular flexibility index (Phi) is 3.92. The largest absolute Gasteiger partial charge is 0.309 e. The summed E-state index contributed by atoms with van der Waals surface area (Å²) in [7, 11) is 0. The van der Waals surface area contributed by atoms with E-state index >= 15 is 0 Å². The lowest BCUT2D eigenvalue weighted by molar-refractivity contribution is 1.18. The van der Waals surface area contributed by atoms with Gasteiger partial charge in [-0.2, -0.15) is 0 Å². The molecule has 1 aliphatic carbocycles. The van der Waals surface area contributed by atoms with Gasteiger partial charge in [0.1, 0.15) is 11.2 Å². The number of para-hydroxylation sites is 2. The summed E-state index contributed by atoms with van der Waals surface area (Å²) >= 11 is 0. The molecule has 0 fully saturated rings. The Labute approximate surface area is 234 Å². The quantitative estimate of drug-likeness (QED) is 0.204. The second kappa shape index (κ2) is 7.55. The van der Waals surface area contributed by atoms with Gasteiger partial charge in [-0.3, -0.25) is 14.4 Å².